The van der Waals surface area contributed by atoms with E-state index in [1.807, 2.05) is 24.0 Å². The van der Waals surface area contributed by atoms with E-state index in [0.717, 1.165) is 24.4 Å². The lowest BCUT2D eigenvalue weighted by molar-refractivity contribution is 0.733. The smallest absolute Gasteiger partial charge is 0.0702 e. The molecule has 0 bridgehead atoms. The fourth-order valence-corrected chi connectivity index (χ4v) is 1.99. The van der Waals surface area contributed by atoms with Gasteiger partial charge in [0.25, 0.3) is 0 Å². The minimum atomic E-state index is 0.936. The first-order valence-corrected chi connectivity index (χ1v) is 6.83. The van der Waals surface area contributed by atoms with E-state index in [9.17, 15) is 0 Å². The molecule has 1 aromatic carbocycles. The highest BCUT2D eigenvalue weighted by molar-refractivity contribution is 7.98. The quantitative estimate of drug-likeness (QED) is 0.802. The molecule has 3 heteroatoms. The molecule has 2 aromatic rings. The summed E-state index contributed by atoms with van der Waals surface area (Å²) in [6.45, 7) is 2.00. The van der Waals surface area contributed by atoms with E-state index in [2.05, 4.69) is 40.8 Å². The van der Waals surface area contributed by atoms with Crippen molar-refractivity contribution in [3.63, 3.8) is 0 Å². The minimum Gasteiger partial charge on any atom is -0.312 e. The molecule has 1 heterocycles. The second-order valence-electron chi connectivity index (χ2n) is 3.70. The number of hydrogen-bond acceptors (Lipinski definition) is 3. The van der Waals surface area contributed by atoms with Gasteiger partial charge in [-0.3, -0.25) is 4.98 Å². The van der Waals surface area contributed by atoms with Crippen molar-refractivity contribution in [2.45, 2.75) is 6.54 Å². The van der Waals surface area contributed by atoms with Gasteiger partial charge in [0.15, 0.2) is 0 Å². The summed E-state index contributed by atoms with van der Waals surface area (Å²) >= 11 is 1.87. The van der Waals surface area contributed by atoms with Crippen molar-refractivity contribution in [1.82, 2.24) is 10.3 Å². The normalized spacial score (nSPS) is 10.8. The number of rotatable bonds is 5. The minimum absolute atomic E-state index is 0.936. The Balaban J connectivity index is 2.02. The summed E-state index contributed by atoms with van der Waals surface area (Å²) in [6, 6.07) is 10.5. The molecule has 0 fully saturated rings. The Labute approximate surface area is 100 Å². The van der Waals surface area contributed by atoms with Crippen LogP contribution in [-0.4, -0.2) is 23.5 Å². The van der Waals surface area contributed by atoms with Crippen LogP contribution in [0.3, 0.4) is 0 Å². The molecular weight excluding hydrogens is 216 g/mol. The third kappa shape index (κ3) is 2.97. The van der Waals surface area contributed by atoms with Crippen LogP contribution in [0.15, 0.2) is 36.5 Å². The van der Waals surface area contributed by atoms with Crippen LogP contribution < -0.4 is 5.32 Å². The van der Waals surface area contributed by atoms with Crippen LogP contribution in [-0.2, 0) is 6.54 Å². The van der Waals surface area contributed by atoms with Gasteiger partial charge < -0.3 is 5.32 Å². The van der Waals surface area contributed by atoms with Crippen LogP contribution in [0.4, 0.5) is 0 Å². The van der Waals surface area contributed by atoms with Crippen molar-refractivity contribution in [2.75, 3.05) is 18.6 Å². The summed E-state index contributed by atoms with van der Waals surface area (Å²) in [7, 11) is 0. The van der Waals surface area contributed by atoms with Gasteiger partial charge in [0.1, 0.15) is 0 Å². The Bertz CT molecular complexity index is 456. The molecule has 16 heavy (non-hydrogen) atoms. The largest absolute Gasteiger partial charge is 0.312 e. The zero-order valence-electron chi connectivity index (χ0n) is 9.44. The molecule has 2 nitrogen and oxygen atoms in total. The molecular formula is C13H16N2S. The van der Waals surface area contributed by atoms with Gasteiger partial charge in [0, 0.05) is 30.4 Å². The summed E-state index contributed by atoms with van der Waals surface area (Å²) < 4.78 is 0. The first-order valence-electron chi connectivity index (χ1n) is 5.43. The first-order chi connectivity index (χ1) is 7.90. The van der Waals surface area contributed by atoms with E-state index in [0.29, 0.717) is 0 Å². The molecule has 0 saturated carbocycles. The number of hydrogen-bond donors (Lipinski definition) is 1. The monoisotopic (exact) mass is 232 g/mol. The highest BCUT2D eigenvalue weighted by Gasteiger charge is 1.96. The lowest BCUT2D eigenvalue weighted by atomic mass is 10.1. The average Bonchev–Trinajstić information content (AvgIpc) is 2.34. The van der Waals surface area contributed by atoms with E-state index in [1.54, 1.807) is 0 Å². The van der Waals surface area contributed by atoms with E-state index >= 15 is 0 Å². The van der Waals surface area contributed by atoms with Gasteiger partial charge in [-0.25, -0.2) is 0 Å². The van der Waals surface area contributed by atoms with Crippen LogP contribution in [0.2, 0.25) is 0 Å². The molecule has 0 saturated heterocycles. The van der Waals surface area contributed by atoms with Crippen LogP contribution >= 0.6 is 11.8 Å². The molecule has 0 radical (unpaired) electrons. The number of nitrogens with zero attached hydrogens (tertiary/aromatic N) is 1. The van der Waals surface area contributed by atoms with E-state index in [-0.39, 0.29) is 0 Å². The molecule has 0 spiro atoms. The van der Waals surface area contributed by atoms with Crippen LogP contribution in [0, 0.1) is 0 Å². The number of aromatic nitrogens is 1. The maximum absolute atomic E-state index is 4.31. The van der Waals surface area contributed by atoms with Gasteiger partial charge in [0.2, 0.25) is 0 Å². The maximum Gasteiger partial charge on any atom is 0.0702 e. The van der Waals surface area contributed by atoms with Crippen molar-refractivity contribution in [1.29, 1.82) is 0 Å². The summed E-state index contributed by atoms with van der Waals surface area (Å²) in [5, 5.41) is 4.64. The molecule has 0 unspecified atom stereocenters. The predicted molar refractivity (Wildman–Crippen MR) is 71.8 cm³/mol. The molecule has 0 aliphatic heterocycles. The number of thioether (sulfide) groups is 1. The fourth-order valence-electron chi connectivity index (χ4n) is 1.64. The maximum atomic E-state index is 4.31. The highest BCUT2D eigenvalue weighted by atomic mass is 32.2. The SMILES string of the molecule is CSCCNCc1ccc2ncccc2c1. The van der Waals surface area contributed by atoms with E-state index in [4.69, 9.17) is 0 Å². The average molecular weight is 232 g/mol. The molecule has 0 amide bonds. The summed E-state index contributed by atoms with van der Waals surface area (Å²) in [4.78, 5) is 4.31. The molecule has 0 aliphatic rings. The molecule has 0 aliphatic carbocycles. The number of pyridine rings is 1. The Hall–Kier alpha value is -1.06. The second kappa shape index (κ2) is 5.87. The van der Waals surface area contributed by atoms with Crippen molar-refractivity contribution >= 4 is 22.7 Å². The van der Waals surface area contributed by atoms with Gasteiger partial charge in [-0.1, -0.05) is 12.1 Å². The topological polar surface area (TPSA) is 24.9 Å². The number of benzene rings is 1. The predicted octanol–water partition coefficient (Wildman–Crippen LogP) is 2.69. The summed E-state index contributed by atoms with van der Waals surface area (Å²) in [5.74, 6) is 1.16. The Morgan fingerprint density at radius 3 is 3.12 bits per heavy atom. The lowest BCUT2D eigenvalue weighted by Gasteiger charge is -2.05. The van der Waals surface area contributed by atoms with Gasteiger partial charge >= 0.3 is 0 Å². The van der Waals surface area contributed by atoms with E-state index < -0.39 is 0 Å². The van der Waals surface area contributed by atoms with Gasteiger partial charge in [0.05, 0.1) is 5.52 Å². The lowest BCUT2D eigenvalue weighted by Crippen LogP contribution is -2.16. The van der Waals surface area contributed by atoms with E-state index in [1.165, 1.54) is 10.9 Å². The molecule has 1 aromatic heterocycles. The summed E-state index contributed by atoms with van der Waals surface area (Å²) in [6.07, 6.45) is 3.96. The van der Waals surface area contributed by atoms with Crippen molar-refractivity contribution < 1.29 is 0 Å². The fraction of sp³-hybridized carbons (Fsp3) is 0.308. The second-order valence-corrected chi connectivity index (χ2v) is 4.69. The van der Waals surface area contributed by atoms with Gasteiger partial charge in [-0.05, 0) is 30.0 Å². The first kappa shape index (κ1) is 11.4. The van der Waals surface area contributed by atoms with Crippen LogP contribution in [0.1, 0.15) is 5.56 Å². The Morgan fingerprint density at radius 1 is 1.31 bits per heavy atom. The van der Waals surface area contributed by atoms with Gasteiger partial charge in [-0.2, -0.15) is 11.8 Å². The van der Waals surface area contributed by atoms with Crippen molar-refractivity contribution in [3.8, 4) is 0 Å². The molecule has 0 atom stereocenters. The molecule has 2 rings (SSSR count). The van der Waals surface area contributed by atoms with Crippen LogP contribution in [0.5, 0.6) is 0 Å². The molecule has 84 valence electrons. The van der Waals surface area contributed by atoms with Crippen LogP contribution in [0.25, 0.3) is 10.9 Å². The van der Waals surface area contributed by atoms with Crippen molar-refractivity contribution in [3.05, 3.63) is 42.1 Å². The third-order valence-corrected chi connectivity index (χ3v) is 3.09. The van der Waals surface area contributed by atoms with Gasteiger partial charge in [-0.15, -0.1) is 0 Å². The zero-order valence-corrected chi connectivity index (χ0v) is 10.3. The standard InChI is InChI=1S/C13H16N2S/c1-16-8-7-14-10-11-4-5-13-12(9-11)3-2-6-15-13/h2-6,9,14H,7-8,10H2,1H3. The molecule has 1 N–H and O–H groups in total. The zero-order chi connectivity index (χ0) is 11.2. The number of fused-ring (bicyclic) bond motifs is 1. The highest BCUT2D eigenvalue weighted by Crippen LogP contribution is 2.12. The van der Waals surface area contributed by atoms with Crippen molar-refractivity contribution in [2.24, 2.45) is 0 Å². The number of nitrogens with one attached hydrogen (secondary N) is 1. The summed E-state index contributed by atoms with van der Waals surface area (Å²) in [5.41, 5.74) is 2.39. The third-order valence-electron chi connectivity index (χ3n) is 2.48. The Morgan fingerprint density at radius 2 is 2.25 bits per heavy atom. The Kier molecular flexibility index (Phi) is 4.19.